The van der Waals surface area contributed by atoms with Gasteiger partial charge in [-0.25, -0.2) is 4.98 Å². The fourth-order valence-electron chi connectivity index (χ4n) is 2.87. The van der Waals surface area contributed by atoms with Gasteiger partial charge in [-0.15, -0.1) is 0 Å². The Morgan fingerprint density at radius 3 is 2.83 bits per heavy atom. The maximum atomic E-state index is 5.63. The van der Waals surface area contributed by atoms with Crippen molar-refractivity contribution in [3.05, 3.63) is 36.7 Å². The lowest BCUT2D eigenvalue weighted by atomic mass is 10.2. The molecule has 0 atom stereocenters. The molecule has 0 spiro atoms. The second kappa shape index (κ2) is 5.89. The zero-order valence-corrected chi connectivity index (χ0v) is 12.7. The van der Waals surface area contributed by atoms with Gasteiger partial charge in [0.2, 0.25) is 6.79 Å². The standard InChI is InChI=1S/C17H18N4O2/c18-5-1-2-7-21-14-9-16-15(22-11-23-16)8-13(14)20-17(21)12-4-3-6-19-10-12/h3-4,6,8-10H,1-2,5,7,11,18H2. The smallest absolute Gasteiger partial charge is 0.231 e. The van der Waals surface area contributed by atoms with Gasteiger partial charge >= 0.3 is 0 Å². The molecule has 0 saturated carbocycles. The second-order valence-corrected chi connectivity index (χ2v) is 5.52. The minimum atomic E-state index is 0.268. The van der Waals surface area contributed by atoms with E-state index >= 15 is 0 Å². The van der Waals surface area contributed by atoms with E-state index in [0.29, 0.717) is 6.54 Å². The third kappa shape index (κ3) is 2.51. The molecule has 1 aliphatic heterocycles. The van der Waals surface area contributed by atoms with Crippen LogP contribution in [0.2, 0.25) is 0 Å². The Balaban J connectivity index is 1.85. The highest BCUT2D eigenvalue weighted by Gasteiger charge is 2.19. The van der Waals surface area contributed by atoms with E-state index in [4.69, 9.17) is 20.2 Å². The van der Waals surface area contributed by atoms with Crippen LogP contribution in [0.1, 0.15) is 12.8 Å². The van der Waals surface area contributed by atoms with Crippen LogP contribution in [-0.4, -0.2) is 27.9 Å². The molecule has 6 heteroatoms. The third-order valence-electron chi connectivity index (χ3n) is 4.00. The highest BCUT2D eigenvalue weighted by atomic mass is 16.7. The highest BCUT2D eigenvalue weighted by Crippen LogP contribution is 2.37. The van der Waals surface area contributed by atoms with E-state index in [1.165, 1.54) is 0 Å². The monoisotopic (exact) mass is 310 g/mol. The molecule has 23 heavy (non-hydrogen) atoms. The van der Waals surface area contributed by atoms with E-state index < -0.39 is 0 Å². The lowest BCUT2D eigenvalue weighted by Crippen LogP contribution is -2.04. The van der Waals surface area contributed by atoms with Gasteiger partial charge in [-0.3, -0.25) is 4.98 Å². The first-order chi connectivity index (χ1) is 11.4. The summed E-state index contributed by atoms with van der Waals surface area (Å²) in [5.41, 5.74) is 8.58. The van der Waals surface area contributed by atoms with Crippen LogP contribution >= 0.6 is 0 Å². The number of hydrogen-bond donors (Lipinski definition) is 1. The summed E-state index contributed by atoms with van der Waals surface area (Å²) in [4.78, 5) is 9.00. The molecule has 1 aromatic carbocycles. The predicted molar refractivity (Wildman–Crippen MR) is 87.4 cm³/mol. The Morgan fingerprint density at radius 1 is 1.17 bits per heavy atom. The number of ether oxygens (including phenoxy) is 2. The quantitative estimate of drug-likeness (QED) is 0.733. The Labute approximate surface area is 133 Å². The minimum Gasteiger partial charge on any atom is -0.454 e. The molecule has 0 bridgehead atoms. The molecule has 0 radical (unpaired) electrons. The molecule has 0 amide bonds. The number of fused-ring (bicyclic) bond motifs is 2. The highest BCUT2D eigenvalue weighted by molar-refractivity contribution is 5.84. The van der Waals surface area contributed by atoms with Crippen LogP contribution in [0, 0.1) is 0 Å². The van der Waals surface area contributed by atoms with E-state index in [1.807, 2.05) is 30.5 Å². The van der Waals surface area contributed by atoms with E-state index in [2.05, 4.69) is 9.55 Å². The largest absolute Gasteiger partial charge is 0.454 e. The first-order valence-corrected chi connectivity index (χ1v) is 7.77. The summed E-state index contributed by atoms with van der Waals surface area (Å²) in [7, 11) is 0. The normalized spacial score (nSPS) is 12.9. The number of hydrogen-bond acceptors (Lipinski definition) is 5. The summed E-state index contributed by atoms with van der Waals surface area (Å²) in [6.07, 6.45) is 5.59. The molecule has 0 fully saturated rings. The second-order valence-electron chi connectivity index (χ2n) is 5.52. The lowest BCUT2D eigenvalue weighted by Gasteiger charge is -2.09. The fraction of sp³-hybridized carbons (Fsp3) is 0.294. The van der Waals surface area contributed by atoms with Gasteiger partial charge in [0.25, 0.3) is 0 Å². The molecule has 6 nitrogen and oxygen atoms in total. The van der Waals surface area contributed by atoms with Gasteiger partial charge in [0.15, 0.2) is 11.5 Å². The van der Waals surface area contributed by atoms with Gasteiger partial charge in [0, 0.05) is 36.6 Å². The maximum Gasteiger partial charge on any atom is 0.231 e. The van der Waals surface area contributed by atoms with Crippen LogP contribution in [0.3, 0.4) is 0 Å². The summed E-state index contributed by atoms with van der Waals surface area (Å²) in [5, 5.41) is 0. The van der Waals surface area contributed by atoms with Gasteiger partial charge in [0.05, 0.1) is 11.0 Å². The SMILES string of the molecule is NCCCCn1c(-c2cccnc2)nc2cc3c(cc21)OCO3. The number of rotatable bonds is 5. The van der Waals surface area contributed by atoms with Crippen molar-refractivity contribution >= 4 is 11.0 Å². The van der Waals surface area contributed by atoms with Crippen molar-refractivity contribution in [1.82, 2.24) is 14.5 Å². The number of aromatic nitrogens is 3. The van der Waals surface area contributed by atoms with Gasteiger partial charge in [0.1, 0.15) is 5.82 Å². The van der Waals surface area contributed by atoms with Crippen molar-refractivity contribution in [2.75, 3.05) is 13.3 Å². The van der Waals surface area contributed by atoms with Gasteiger partial charge in [-0.05, 0) is 31.5 Å². The number of aryl methyl sites for hydroxylation is 1. The Bertz CT molecular complexity index is 829. The van der Waals surface area contributed by atoms with E-state index in [1.54, 1.807) is 6.20 Å². The third-order valence-corrected chi connectivity index (χ3v) is 4.00. The molecule has 0 unspecified atom stereocenters. The predicted octanol–water partition coefficient (Wildman–Crippen LogP) is 2.57. The summed E-state index contributed by atoms with van der Waals surface area (Å²) in [5.74, 6) is 2.44. The number of nitrogens with two attached hydrogens (primary N) is 1. The zero-order valence-electron chi connectivity index (χ0n) is 12.7. The summed E-state index contributed by atoms with van der Waals surface area (Å²) in [6.45, 7) is 1.82. The number of imidazole rings is 1. The topological polar surface area (TPSA) is 75.2 Å². The van der Waals surface area contributed by atoms with E-state index in [9.17, 15) is 0 Å². The average molecular weight is 310 g/mol. The molecular formula is C17H18N4O2. The van der Waals surface area contributed by atoms with Gasteiger partial charge in [-0.1, -0.05) is 0 Å². The average Bonchev–Trinajstić information content (AvgIpc) is 3.18. The molecule has 2 aromatic heterocycles. The molecule has 0 saturated heterocycles. The number of pyridine rings is 1. The Morgan fingerprint density at radius 2 is 2.04 bits per heavy atom. The van der Waals surface area contributed by atoms with Crippen LogP contribution < -0.4 is 15.2 Å². The van der Waals surface area contributed by atoms with Crippen molar-refractivity contribution in [1.29, 1.82) is 0 Å². The lowest BCUT2D eigenvalue weighted by molar-refractivity contribution is 0.174. The Kier molecular flexibility index (Phi) is 3.59. The molecule has 118 valence electrons. The van der Waals surface area contributed by atoms with Crippen molar-refractivity contribution in [2.24, 2.45) is 5.73 Å². The van der Waals surface area contributed by atoms with Gasteiger partial charge < -0.3 is 19.8 Å². The minimum absolute atomic E-state index is 0.268. The van der Waals surface area contributed by atoms with Crippen LogP contribution in [0.15, 0.2) is 36.7 Å². The van der Waals surface area contributed by atoms with E-state index in [0.717, 1.165) is 53.3 Å². The van der Waals surface area contributed by atoms with Crippen LogP contribution in [0.5, 0.6) is 11.5 Å². The van der Waals surface area contributed by atoms with Crippen molar-refractivity contribution in [2.45, 2.75) is 19.4 Å². The first kappa shape index (κ1) is 14.0. The van der Waals surface area contributed by atoms with Crippen molar-refractivity contribution in [3.8, 4) is 22.9 Å². The number of nitrogens with zero attached hydrogens (tertiary/aromatic N) is 3. The number of unbranched alkanes of at least 4 members (excludes halogenated alkanes) is 1. The summed E-state index contributed by atoms with van der Waals surface area (Å²) in [6, 6.07) is 7.89. The molecule has 4 rings (SSSR count). The molecule has 0 aliphatic carbocycles. The molecule has 3 heterocycles. The summed E-state index contributed by atoms with van der Waals surface area (Å²) >= 11 is 0. The number of benzene rings is 1. The molecule has 2 N–H and O–H groups in total. The van der Waals surface area contributed by atoms with Crippen LogP contribution in [0.25, 0.3) is 22.4 Å². The zero-order chi connectivity index (χ0) is 15.6. The molecular weight excluding hydrogens is 292 g/mol. The van der Waals surface area contributed by atoms with E-state index in [-0.39, 0.29) is 6.79 Å². The van der Waals surface area contributed by atoms with Crippen LogP contribution in [0.4, 0.5) is 0 Å². The van der Waals surface area contributed by atoms with Gasteiger partial charge in [-0.2, -0.15) is 0 Å². The maximum absolute atomic E-state index is 5.63. The first-order valence-electron chi connectivity index (χ1n) is 7.77. The molecule has 1 aliphatic rings. The van der Waals surface area contributed by atoms with Crippen LogP contribution in [-0.2, 0) is 6.54 Å². The van der Waals surface area contributed by atoms with Crippen molar-refractivity contribution < 1.29 is 9.47 Å². The summed E-state index contributed by atoms with van der Waals surface area (Å²) < 4.78 is 13.2. The molecule has 3 aromatic rings. The van der Waals surface area contributed by atoms with Crippen molar-refractivity contribution in [3.63, 3.8) is 0 Å². The fourth-order valence-corrected chi connectivity index (χ4v) is 2.87. The Hall–Kier alpha value is -2.60.